The van der Waals surface area contributed by atoms with Gasteiger partial charge in [0.15, 0.2) is 0 Å². The highest BCUT2D eigenvalue weighted by atomic mass is 79.9. The van der Waals surface area contributed by atoms with Crippen LogP contribution in [0.2, 0.25) is 0 Å². The lowest BCUT2D eigenvalue weighted by Crippen LogP contribution is -2.41. The Morgan fingerprint density at radius 1 is 1.27 bits per heavy atom. The van der Waals surface area contributed by atoms with Gasteiger partial charge in [0.2, 0.25) is 0 Å². The number of hydrogen-bond acceptors (Lipinski definition) is 1. The van der Waals surface area contributed by atoms with Crippen LogP contribution in [0.15, 0.2) is 0 Å². The van der Waals surface area contributed by atoms with Crippen LogP contribution in [-0.4, -0.2) is 17.5 Å². The Bertz CT molecular complexity index is 187. The molecule has 90 valence electrons. The van der Waals surface area contributed by atoms with Crippen molar-refractivity contribution in [3.05, 3.63) is 0 Å². The molecule has 0 saturated heterocycles. The van der Waals surface area contributed by atoms with Gasteiger partial charge in [0, 0.05) is 11.9 Å². The second kappa shape index (κ2) is 5.18. The quantitative estimate of drug-likeness (QED) is 0.695. The van der Waals surface area contributed by atoms with E-state index < -0.39 is 0 Å². The van der Waals surface area contributed by atoms with Crippen LogP contribution >= 0.6 is 15.9 Å². The minimum absolute atomic E-state index is 0.135. The Hall–Kier alpha value is 0.440. The normalized spacial score (nSPS) is 33.0. The fourth-order valence-electron chi connectivity index (χ4n) is 2.63. The highest BCUT2D eigenvalue weighted by Gasteiger charge is 2.38. The van der Waals surface area contributed by atoms with Gasteiger partial charge in [-0.25, -0.2) is 0 Å². The molecule has 2 heteroatoms. The van der Waals surface area contributed by atoms with E-state index in [9.17, 15) is 0 Å². The summed E-state index contributed by atoms with van der Waals surface area (Å²) >= 11 is 3.61. The first-order valence-electron chi connectivity index (χ1n) is 6.13. The van der Waals surface area contributed by atoms with Crippen molar-refractivity contribution in [3.8, 4) is 0 Å². The maximum absolute atomic E-state index is 5.93. The lowest BCUT2D eigenvalue weighted by Gasteiger charge is -2.43. The van der Waals surface area contributed by atoms with Gasteiger partial charge < -0.3 is 4.74 Å². The van der Waals surface area contributed by atoms with E-state index in [1.807, 2.05) is 0 Å². The van der Waals surface area contributed by atoms with Gasteiger partial charge >= 0.3 is 0 Å². The van der Waals surface area contributed by atoms with E-state index in [1.54, 1.807) is 0 Å². The van der Waals surface area contributed by atoms with Crippen LogP contribution in [-0.2, 0) is 4.74 Å². The van der Waals surface area contributed by atoms with Gasteiger partial charge in [0.25, 0.3) is 0 Å². The monoisotopic (exact) mass is 276 g/mol. The van der Waals surface area contributed by atoms with E-state index in [0.29, 0.717) is 5.41 Å². The average Bonchev–Trinajstić information content (AvgIpc) is 2.17. The van der Waals surface area contributed by atoms with Crippen LogP contribution in [0.4, 0.5) is 0 Å². The van der Waals surface area contributed by atoms with E-state index in [2.05, 4.69) is 43.6 Å². The Morgan fingerprint density at radius 3 is 2.13 bits per heavy atom. The molecule has 1 rings (SSSR count). The zero-order valence-corrected chi connectivity index (χ0v) is 12.2. The molecule has 1 fully saturated rings. The summed E-state index contributed by atoms with van der Waals surface area (Å²) in [4.78, 5) is 0. The molecule has 0 bridgehead atoms. The fourth-order valence-corrected chi connectivity index (χ4v) is 3.36. The third kappa shape index (κ3) is 3.45. The second-order valence-electron chi connectivity index (χ2n) is 5.89. The third-order valence-corrected chi connectivity index (χ3v) is 4.84. The third-order valence-electron chi connectivity index (χ3n) is 3.82. The number of hydrogen-bond donors (Lipinski definition) is 0. The molecule has 0 atom stereocenters. The van der Waals surface area contributed by atoms with Crippen molar-refractivity contribution in [2.75, 3.05) is 11.9 Å². The Balaban J connectivity index is 2.53. The predicted molar refractivity (Wildman–Crippen MR) is 69.6 cm³/mol. The van der Waals surface area contributed by atoms with Crippen LogP contribution in [0.5, 0.6) is 0 Å². The van der Waals surface area contributed by atoms with Gasteiger partial charge in [-0.05, 0) is 43.9 Å². The second-order valence-corrected chi connectivity index (χ2v) is 6.45. The highest BCUT2D eigenvalue weighted by Crippen LogP contribution is 2.43. The summed E-state index contributed by atoms with van der Waals surface area (Å²) in [7, 11) is 0. The maximum Gasteiger partial charge on any atom is 0.0778 e. The van der Waals surface area contributed by atoms with Crippen molar-refractivity contribution < 1.29 is 4.74 Å². The lowest BCUT2D eigenvalue weighted by atomic mass is 9.69. The number of alkyl halides is 1. The minimum atomic E-state index is 0.135. The van der Waals surface area contributed by atoms with Crippen molar-refractivity contribution in [3.63, 3.8) is 0 Å². The van der Waals surface area contributed by atoms with Crippen molar-refractivity contribution in [2.45, 2.75) is 59.0 Å². The zero-order valence-electron chi connectivity index (χ0n) is 10.6. The van der Waals surface area contributed by atoms with Crippen LogP contribution in [0.25, 0.3) is 0 Å². The highest BCUT2D eigenvalue weighted by molar-refractivity contribution is 9.09. The fraction of sp³-hybridized carbons (Fsp3) is 1.00. The largest absolute Gasteiger partial charge is 0.374 e. The van der Waals surface area contributed by atoms with Crippen molar-refractivity contribution in [2.24, 2.45) is 11.3 Å². The molecule has 0 aromatic carbocycles. The molecule has 0 aliphatic heterocycles. The lowest BCUT2D eigenvalue weighted by molar-refractivity contribution is -0.0637. The van der Waals surface area contributed by atoms with Crippen LogP contribution in [0.3, 0.4) is 0 Å². The molecule has 0 unspecified atom stereocenters. The van der Waals surface area contributed by atoms with E-state index >= 15 is 0 Å². The molecule has 0 heterocycles. The van der Waals surface area contributed by atoms with Crippen LogP contribution in [0.1, 0.15) is 53.4 Å². The standard InChI is InChI=1S/C13H25BrO/c1-5-15-13(10-14)8-6-11(7-9-13)12(2,3)4/h11H,5-10H2,1-4H3. The molecule has 0 amide bonds. The molecule has 0 aromatic rings. The molecular formula is C13H25BrO. The maximum atomic E-state index is 5.93. The smallest absolute Gasteiger partial charge is 0.0778 e. The van der Waals surface area contributed by atoms with Gasteiger partial charge in [0.05, 0.1) is 5.60 Å². The summed E-state index contributed by atoms with van der Waals surface area (Å²) < 4.78 is 5.93. The zero-order chi connectivity index (χ0) is 11.5. The number of rotatable bonds is 3. The van der Waals surface area contributed by atoms with Crippen molar-refractivity contribution in [1.29, 1.82) is 0 Å². The molecule has 0 radical (unpaired) electrons. The average molecular weight is 277 g/mol. The molecule has 1 nitrogen and oxygen atoms in total. The van der Waals surface area contributed by atoms with E-state index in [-0.39, 0.29) is 5.60 Å². The number of halogens is 1. The molecule has 0 N–H and O–H groups in total. The summed E-state index contributed by atoms with van der Waals surface area (Å²) in [6.07, 6.45) is 5.06. The Morgan fingerprint density at radius 2 is 1.80 bits per heavy atom. The summed E-state index contributed by atoms with van der Waals surface area (Å²) in [5.74, 6) is 0.866. The first-order valence-corrected chi connectivity index (χ1v) is 7.25. The molecular weight excluding hydrogens is 252 g/mol. The molecule has 15 heavy (non-hydrogen) atoms. The van der Waals surface area contributed by atoms with E-state index in [1.165, 1.54) is 25.7 Å². The summed E-state index contributed by atoms with van der Waals surface area (Å²) in [5.41, 5.74) is 0.598. The van der Waals surface area contributed by atoms with Gasteiger partial charge in [0.1, 0.15) is 0 Å². The van der Waals surface area contributed by atoms with E-state index in [0.717, 1.165) is 17.9 Å². The van der Waals surface area contributed by atoms with Gasteiger partial charge in [-0.15, -0.1) is 0 Å². The van der Waals surface area contributed by atoms with Crippen molar-refractivity contribution >= 4 is 15.9 Å². The van der Waals surface area contributed by atoms with Crippen LogP contribution in [0, 0.1) is 11.3 Å². The summed E-state index contributed by atoms with van der Waals surface area (Å²) in [6, 6.07) is 0. The van der Waals surface area contributed by atoms with Crippen molar-refractivity contribution in [1.82, 2.24) is 0 Å². The van der Waals surface area contributed by atoms with Gasteiger partial charge in [-0.3, -0.25) is 0 Å². The first-order chi connectivity index (χ1) is 6.93. The van der Waals surface area contributed by atoms with Crippen LogP contribution < -0.4 is 0 Å². The molecule has 1 saturated carbocycles. The Kier molecular flexibility index (Phi) is 4.66. The number of ether oxygens (including phenoxy) is 1. The predicted octanol–water partition coefficient (Wildman–Crippen LogP) is 4.39. The van der Waals surface area contributed by atoms with Gasteiger partial charge in [-0.1, -0.05) is 36.7 Å². The molecule has 1 aliphatic rings. The Labute approximate surface area is 103 Å². The first kappa shape index (κ1) is 13.5. The summed E-state index contributed by atoms with van der Waals surface area (Å²) in [6.45, 7) is 10.0. The molecule has 0 spiro atoms. The topological polar surface area (TPSA) is 9.23 Å². The molecule has 0 aromatic heterocycles. The van der Waals surface area contributed by atoms with Gasteiger partial charge in [-0.2, -0.15) is 0 Å². The minimum Gasteiger partial charge on any atom is -0.374 e. The molecule has 1 aliphatic carbocycles. The SMILES string of the molecule is CCOC1(CBr)CCC(C(C)(C)C)CC1. The van der Waals surface area contributed by atoms with E-state index in [4.69, 9.17) is 4.74 Å². The summed E-state index contributed by atoms with van der Waals surface area (Å²) in [5, 5.41) is 0.991.